The number of para-hydroxylation sites is 2. The number of aryl methyl sites for hydroxylation is 3. The fraction of sp³-hybridized carbons (Fsp3) is 0.150. The third-order valence-electron chi connectivity index (χ3n) is 8.69. The summed E-state index contributed by atoms with van der Waals surface area (Å²) in [4.78, 5) is 16.3. The van der Waals surface area contributed by atoms with E-state index in [-0.39, 0.29) is 34.7 Å². The number of rotatable bonds is 10. The third kappa shape index (κ3) is 8.04. The molecule has 4 aromatic rings. The molecule has 0 saturated carbocycles. The number of sulfonamides is 2. The summed E-state index contributed by atoms with van der Waals surface area (Å²) in [6, 6.07) is 26.4. The van der Waals surface area contributed by atoms with Crippen molar-refractivity contribution in [3.8, 4) is 22.5 Å². The second kappa shape index (κ2) is 14.8. The molecule has 2 aliphatic rings. The van der Waals surface area contributed by atoms with Gasteiger partial charge in [0.15, 0.2) is 0 Å². The lowest BCUT2D eigenvalue weighted by atomic mass is 9.93. The zero-order chi connectivity index (χ0) is 39.9. The van der Waals surface area contributed by atoms with Crippen molar-refractivity contribution in [2.75, 3.05) is 5.32 Å². The Bertz CT molecular complexity index is 2760. The minimum Gasteiger partial charge on any atom is -0.457 e. The predicted octanol–water partition coefficient (Wildman–Crippen LogP) is 8.85. The van der Waals surface area contributed by atoms with Gasteiger partial charge in [-0.2, -0.15) is 13.2 Å². The highest BCUT2D eigenvalue weighted by atomic mass is 32.3. The fourth-order valence-corrected chi connectivity index (χ4v) is 8.62. The van der Waals surface area contributed by atoms with Crippen LogP contribution in [0, 0.1) is 20.8 Å². The van der Waals surface area contributed by atoms with Crippen LogP contribution in [-0.2, 0) is 36.2 Å². The molecule has 0 radical (unpaired) electrons. The fourth-order valence-electron chi connectivity index (χ4n) is 6.01. The summed E-state index contributed by atoms with van der Waals surface area (Å²) < 4.78 is 104. The number of anilines is 2. The zero-order valence-corrected chi connectivity index (χ0v) is 31.5. The molecule has 15 heteroatoms. The monoisotopic (exact) mass is 789 g/mol. The van der Waals surface area contributed by atoms with Crippen LogP contribution >= 0.6 is 0 Å². The molecule has 2 N–H and O–H groups in total. The standard InChI is InChI=1S/C40H34F3N3O7S2/c1-23(2)39(47)52-22-27-13-9-12-26(5)38(27)45-29-17-19-31-34(21-29)53-33-20-28(44-37-24(3)10-8-11-25(37)4)16-18-30(33)36(31)32-14-6-7-15-35(32)54(48,49)46-55(50,51)40(41,42)43/h6-21,45-46H,1,22H2,2-5H3. The molecule has 1 heterocycles. The molecule has 0 unspecified atom stereocenters. The molecule has 10 nitrogen and oxygen atoms in total. The van der Waals surface area contributed by atoms with Gasteiger partial charge in [0.05, 0.1) is 15.9 Å². The lowest BCUT2D eigenvalue weighted by Crippen LogP contribution is -2.40. The molecule has 1 aliphatic heterocycles. The second-order valence-electron chi connectivity index (χ2n) is 12.8. The molecule has 0 saturated heterocycles. The normalized spacial score (nSPS) is 12.6. The topological polar surface area (TPSA) is 144 Å². The average Bonchev–Trinajstić information content (AvgIpc) is 3.11. The number of nitrogens with one attached hydrogen (secondary N) is 2. The minimum absolute atomic E-state index is 0.0432. The van der Waals surface area contributed by atoms with Gasteiger partial charge in [0.25, 0.3) is 10.0 Å². The van der Waals surface area contributed by atoms with E-state index in [9.17, 15) is 34.8 Å². The lowest BCUT2D eigenvalue weighted by Gasteiger charge is -2.20. The van der Waals surface area contributed by atoms with E-state index >= 15 is 0 Å². The number of fused-ring (bicyclic) bond motifs is 2. The minimum atomic E-state index is -6.29. The van der Waals surface area contributed by atoms with Crippen molar-refractivity contribution in [3.63, 3.8) is 0 Å². The van der Waals surface area contributed by atoms with Crippen LogP contribution < -0.4 is 14.8 Å². The van der Waals surface area contributed by atoms with Gasteiger partial charge in [0.2, 0.25) is 0 Å². The molecule has 1 aliphatic carbocycles. The van der Waals surface area contributed by atoms with E-state index in [4.69, 9.17) is 14.1 Å². The maximum Gasteiger partial charge on any atom is 0.512 e. The van der Waals surface area contributed by atoms with Crippen LogP contribution in [0.15, 0.2) is 124 Å². The van der Waals surface area contributed by atoms with E-state index in [1.165, 1.54) is 18.2 Å². The van der Waals surface area contributed by atoms with Gasteiger partial charge in [-0.1, -0.05) is 65.3 Å². The van der Waals surface area contributed by atoms with E-state index in [2.05, 4.69) is 11.9 Å². The van der Waals surface area contributed by atoms with E-state index in [0.29, 0.717) is 33.2 Å². The number of carbonyl (C=O) groups excluding carboxylic acids is 1. The number of hydrogen-bond acceptors (Lipinski definition) is 9. The molecule has 284 valence electrons. The molecular weight excluding hydrogens is 756 g/mol. The summed E-state index contributed by atoms with van der Waals surface area (Å²) in [5.41, 5.74) is 0.412. The number of hydrogen-bond donors (Lipinski definition) is 2. The van der Waals surface area contributed by atoms with Gasteiger partial charge in [0, 0.05) is 56.7 Å². The first-order chi connectivity index (χ1) is 25.9. The van der Waals surface area contributed by atoms with Gasteiger partial charge >= 0.3 is 21.5 Å². The second-order valence-corrected chi connectivity index (χ2v) is 16.4. The van der Waals surface area contributed by atoms with E-state index in [1.54, 1.807) is 49.4 Å². The Labute approximate surface area is 315 Å². The summed E-state index contributed by atoms with van der Waals surface area (Å²) in [5.74, 6) is -0.299. The summed E-state index contributed by atoms with van der Waals surface area (Å²) in [7, 11) is -11.6. The van der Waals surface area contributed by atoms with Crippen molar-refractivity contribution in [2.24, 2.45) is 4.99 Å². The molecule has 6 rings (SSSR count). The molecule has 55 heavy (non-hydrogen) atoms. The van der Waals surface area contributed by atoms with Crippen LogP contribution in [0.25, 0.3) is 33.4 Å². The number of ether oxygens (including phenoxy) is 1. The zero-order valence-electron chi connectivity index (χ0n) is 29.9. The maximum atomic E-state index is 13.5. The van der Waals surface area contributed by atoms with Gasteiger partial charge in [-0.25, -0.2) is 26.6 Å². The number of alkyl halides is 3. The maximum absolute atomic E-state index is 13.5. The van der Waals surface area contributed by atoms with Crippen LogP contribution in [0.5, 0.6) is 0 Å². The summed E-state index contributed by atoms with van der Waals surface area (Å²) >= 11 is 0. The molecule has 0 amide bonds. The highest BCUT2D eigenvalue weighted by Crippen LogP contribution is 2.43. The van der Waals surface area contributed by atoms with Gasteiger partial charge in [-0.3, -0.25) is 0 Å². The Hall–Kier alpha value is -5.77. The van der Waals surface area contributed by atoms with Crippen LogP contribution in [0.1, 0.15) is 29.2 Å². The molecule has 0 bridgehead atoms. The Kier molecular flexibility index (Phi) is 10.5. The van der Waals surface area contributed by atoms with Crippen molar-refractivity contribution >= 4 is 54.0 Å². The molecular formula is C40H34F3N3O7S2. The van der Waals surface area contributed by atoms with Crippen molar-refractivity contribution < 1.29 is 44.0 Å². The first kappa shape index (κ1) is 38.9. The molecule has 0 aromatic heterocycles. The Morgan fingerprint density at radius 1 is 0.836 bits per heavy atom. The van der Waals surface area contributed by atoms with Crippen molar-refractivity contribution in [1.29, 1.82) is 0 Å². The number of benzene rings is 5. The number of nitrogens with zero attached hydrogens (tertiary/aromatic N) is 1. The Balaban J connectivity index is 1.57. The number of carbonyl (C=O) groups is 1. The summed E-state index contributed by atoms with van der Waals surface area (Å²) in [6.07, 6.45) is 0. The van der Waals surface area contributed by atoms with Gasteiger partial charge in [0.1, 0.15) is 18.0 Å². The molecule has 4 aromatic carbocycles. The van der Waals surface area contributed by atoms with E-state index in [0.717, 1.165) is 32.6 Å². The highest BCUT2D eigenvalue weighted by Gasteiger charge is 2.48. The Morgan fingerprint density at radius 2 is 1.51 bits per heavy atom. The smallest absolute Gasteiger partial charge is 0.457 e. The molecule has 0 spiro atoms. The van der Waals surface area contributed by atoms with Crippen molar-refractivity contribution in [1.82, 2.24) is 4.13 Å². The van der Waals surface area contributed by atoms with Crippen LogP contribution in [0.3, 0.4) is 0 Å². The first-order valence-corrected chi connectivity index (χ1v) is 19.6. The van der Waals surface area contributed by atoms with Crippen molar-refractivity contribution in [3.05, 3.63) is 137 Å². The third-order valence-corrected chi connectivity index (χ3v) is 12.0. The van der Waals surface area contributed by atoms with E-state index < -0.39 is 36.4 Å². The van der Waals surface area contributed by atoms with Gasteiger partial charge in [-0.15, -0.1) is 0 Å². The quantitative estimate of drug-likeness (QED) is 0.0796. The van der Waals surface area contributed by atoms with Crippen LogP contribution in [-0.4, -0.2) is 28.3 Å². The SMILES string of the molecule is C=C(C)C(=O)OCc1cccc(C)c1Nc1ccc2c(-c3ccccc3S(=O)(=O)NS(=O)(=O)C(F)(F)F)c3ccc(=Nc4c(C)cccc4C)cc-3oc2c1. The average molecular weight is 790 g/mol. The Morgan fingerprint density at radius 3 is 2.20 bits per heavy atom. The van der Waals surface area contributed by atoms with Gasteiger partial charge in [-0.05, 0) is 74.7 Å². The number of esters is 1. The summed E-state index contributed by atoms with van der Waals surface area (Å²) in [5, 5.41) is 4.22. The highest BCUT2D eigenvalue weighted by molar-refractivity contribution is 8.05. The van der Waals surface area contributed by atoms with Crippen LogP contribution in [0.2, 0.25) is 0 Å². The number of halogens is 3. The van der Waals surface area contributed by atoms with Gasteiger partial charge < -0.3 is 14.5 Å². The first-order valence-electron chi connectivity index (χ1n) is 16.6. The largest absolute Gasteiger partial charge is 0.512 e. The predicted molar refractivity (Wildman–Crippen MR) is 204 cm³/mol. The summed E-state index contributed by atoms with van der Waals surface area (Å²) in [6.45, 7) is 10.8. The molecule has 0 fully saturated rings. The lowest BCUT2D eigenvalue weighted by molar-refractivity contribution is -0.140. The van der Waals surface area contributed by atoms with Crippen LogP contribution in [0.4, 0.5) is 30.2 Å². The van der Waals surface area contributed by atoms with Crippen molar-refractivity contribution in [2.45, 2.75) is 44.7 Å². The van der Waals surface area contributed by atoms with E-state index in [1.807, 2.05) is 51.1 Å². The molecule has 0 atom stereocenters.